The van der Waals surface area contributed by atoms with E-state index in [1.54, 1.807) is 0 Å². The molecule has 1 heterocycles. The average Bonchev–Trinajstić information content (AvgIpc) is 2.38. The Morgan fingerprint density at radius 1 is 1.11 bits per heavy atom. The van der Waals surface area contributed by atoms with Crippen LogP contribution in [0, 0.1) is 11.8 Å². The molecule has 0 spiro atoms. The Kier molecular flexibility index (Phi) is 7.92. The molecule has 1 atom stereocenters. The number of hydrogen-bond donors (Lipinski definition) is 1. The van der Waals surface area contributed by atoms with Crippen LogP contribution < -0.4 is 5.32 Å². The van der Waals surface area contributed by atoms with Gasteiger partial charge in [-0.05, 0) is 64.2 Å². The lowest BCUT2D eigenvalue weighted by Gasteiger charge is -2.34. The molecule has 1 aliphatic heterocycles. The fourth-order valence-electron chi connectivity index (χ4n) is 2.94. The van der Waals surface area contributed by atoms with Crippen molar-refractivity contribution >= 4 is 0 Å². The predicted octanol–water partition coefficient (Wildman–Crippen LogP) is 3.52. The molecular formula is C16H34N2. The zero-order chi connectivity index (χ0) is 13.4. The highest BCUT2D eigenvalue weighted by atomic mass is 15.1. The number of nitrogens with one attached hydrogen (secondary N) is 1. The van der Waals surface area contributed by atoms with Crippen LogP contribution in [0.2, 0.25) is 0 Å². The first-order valence-corrected chi connectivity index (χ1v) is 8.09. The molecule has 1 saturated heterocycles. The van der Waals surface area contributed by atoms with Crippen LogP contribution in [0.1, 0.15) is 59.8 Å². The van der Waals surface area contributed by atoms with Crippen LogP contribution in [0.4, 0.5) is 0 Å². The molecule has 0 radical (unpaired) electrons. The number of hydrogen-bond acceptors (Lipinski definition) is 2. The van der Waals surface area contributed by atoms with E-state index in [0.29, 0.717) is 6.04 Å². The van der Waals surface area contributed by atoms with Gasteiger partial charge in [-0.25, -0.2) is 0 Å². The summed E-state index contributed by atoms with van der Waals surface area (Å²) in [5.74, 6) is 1.76. The Hall–Kier alpha value is -0.0800. The molecule has 1 fully saturated rings. The first-order chi connectivity index (χ1) is 8.63. The minimum absolute atomic E-state index is 0.711. The van der Waals surface area contributed by atoms with E-state index >= 15 is 0 Å². The van der Waals surface area contributed by atoms with Crippen LogP contribution in [-0.4, -0.2) is 37.1 Å². The number of unbranched alkanes of at least 4 members (excludes halogenated alkanes) is 1. The first kappa shape index (κ1) is 16.0. The second-order valence-electron chi connectivity index (χ2n) is 6.40. The van der Waals surface area contributed by atoms with Gasteiger partial charge in [-0.3, -0.25) is 0 Å². The topological polar surface area (TPSA) is 15.3 Å². The molecule has 0 aromatic carbocycles. The van der Waals surface area contributed by atoms with Crippen LogP contribution in [0.15, 0.2) is 0 Å². The third kappa shape index (κ3) is 6.19. The largest absolute Gasteiger partial charge is 0.314 e. The number of likely N-dealkylation sites (tertiary alicyclic amines) is 1. The van der Waals surface area contributed by atoms with Crippen LogP contribution in [0.5, 0.6) is 0 Å². The highest BCUT2D eigenvalue weighted by Crippen LogP contribution is 2.20. The molecule has 0 bridgehead atoms. The molecule has 0 amide bonds. The zero-order valence-corrected chi connectivity index (χ0v) is 13.0. The van der Waals surface area contributed by atoms with Gasteiger partial charge < -0.3 is 10.2 Å². The van der Waals surface area contributed by atoms with Gasteiger partial charge in [0, 0.05) is 6.04 Å². The van der Waals surface area contributed by atoms with E-state index in [9.17, 15) is 0 Å². The van der Waals surface area contributed by atoms with E-state index in [2.05, 4.69) is 37.9 Å². The van der Waals surface area contributed by atoms with E-state index in [-0.39, 0.29) is 0 Å². The lowest BCUT2D eigenvalue weighted by atomic mass is 9.90. The van der Waals surface area contributed by atoms with Crippen molar-refractivity contribution in [3.8, 4) is 0 Å². The van der Waals surface area contributed by atoms with Gasteiger partial charge in [-0.15, -0.1) is 0 Å². The molecule has 2 heteroatoms. The monoisotopic (exact) mass is 254 g/mol. The fourth-order valence-corrected chi connectivity index (χ4v) is 2.94. The third-order valence-electron chi connectivity index (χ3n) is 4.46. The summed E-state index contributed by atoms with van der Waals surface area (Å²) in [4.78, 5) is 2.58. The van der Waals surface area contributed by atoms with Gasteiger partial charge in [0.1, 0.15) is 0 Å². The minimum Gasteiger partial charge on any atom is -0.314 e. The lowest BCUT2D eigenvalue weighted by Crippen LogP contribution is -2.42. The molecule has 18 heavy (non-hydrogen) atoms. The Morgan fingerprint density at radius 3 is 2.33 bits per heavy atom. The summed E-state index contributed by atoms with van der Waals surface area (Å²) in [7, 11) is 0. The van der Waals surface area contributed by atoms with E-state index in [0.717, 1.165) is 11.8 Å². The molecule has 2 nitrogen and oxygen atoms in total. The summed E-state index contributed by atoms with van der Waals surface area (Å²) in [6, 6.07) is 0.711. The fraction of sp³-hybridized carbons (Fsp3) is 1.00. The molecule has 0 aromatic heterocycles. The zero-order valence-electron chi connectivity index (χ0n) is 13.0. The van der Waals surface area contributed by atoms with E-state index < -0.39 is 0 Å². The van der Waals surface area contributed by atoms with Gasteiger partial charge in [0.05, 0.1) is 0 Å². The molecule has 1 unspecified atom stereocenters. The number of nitrogens with zero attached hydrogens (tertiary/aromatic N) is 1. The number of rotatable bonds is 8. The molecule has 0 aliphatic carbocycles. The quantitative estimate of drug-likeness (QED) is 0.667. The third-order valence-corrected chi connectivity index (χ3v) is 4.46. The normalized spacial score (nSPS) is 20.5. The van der Waals surface area contributed by atoms with Gasteiger partial charge in [0.25, 0.3) is 0 Å². The summed E-state index contributed by atoms with van der Waals surface area (Å²) in [5.41, 5.74) is 0. The second-order valence-corrected chi connectivity index (χ2v) is 6.40. The molecule has 0 saturated carbocycles. The summed E-state index contributed by atoms with van der Waals surface area (Å²) >= 11 is 0. The average molecular weight is 254 g/mol. The van der Waals surface area contributed by atoms with Crippen molar-refractivity contribution in [3.05, 3.63) is 0 Å². The second kappa shape index (κ2) is 8.92. The van der Waals surface area contributed by atoms with E-state index in [4.69, 9.17) is 0 Å². The Balaban J connectivity index is 2.04. The summed E-state index contributed by atoms with van der Waals surface area (Å²) in [5, 5.41) is 3.74. The Morgan fingerprint density at radius 2 is 1.78 bits per heavy atom. The predicted molar refractivity (Wildman–Crippen MR) is 81.0 cm³/mol. The first-order valence-electron chi connectivity index (χ1n) is 8.09. The molecule has 1 aliphatic rings. The highest BCUT2D eigenvalue weighted by Gasteiger charge is 2.22. The maximum atomic E-state index is 3.74. The van der Waals surface area contributed by atoms with Crippen LogP contribution in [0.25, 0.3) is 0 Å². The van der Waals surface area contributed by atoms with Gasteiger partial charge in [-0.2, -0.15) is 0 Å². The van der Waals surface area contributed by atoms with Crippen molar-refractivity contribution in [1.29, 1.82) is 0 Å². The van der Waals surface area contributed by atoms with E-state index in [1.807, 2.05) is 0 Å². The summed E-state index contributed by atoms with van der Waals surface area (Å²) in [6.07, 6.45) is 6.87. The molecule has 1 rings (SSSR count). The lowest BCUT2D eigenvalue weighted by molar-refractivity contribution is 0.169. The van der Waals surface area contributed by atoms with Gasteiger partial charge in [-0.1, -0.05) is 33.6 Å². The van der Waals surface area contributed by atoms with Crippen LogP contribution in [0.3, 0.4) is 0 Å². The van der Waals surface area contributed by atoms with Gasteiger partial charge in [0.2, 0.25) is 0 Å². The molecule has 1 N–H and O–H groups in total. The van der Waals surface area contributed by atoms with Crippen LogP contribution in [-0.2, 0) is 0 Å². The summed E-state index contributed by atoms with van der Waals surface area (Å²) < 4.78 is 0. The maximum absolute atomic E-state index is 3.74. The van der Waals surface area contributed by atoms with Gasteiger partial charge >= 0.3 is 0 Å². The summed E-state index contributed by atoms with van der Waals surface area (Å²) in [6.45, 7) is 14.3. The van der Waals surface area contributed by atoms with Crippen molar-refractivity contribution in [1.82, 2.24) is 10.2 Å². The standard InChI is InChI=1S/C16H34N2/c1-5-18-12-9-16(10-13-18)15(4)17-11-7-6-8-14(2)3/h14-17H,5-13H2,1-4H3. The number of piperidine rings is 1. The van der Waals surface area contributed by atoms with Gasteiger partial charge in [0.15, 0.2) is 0 Å². The van der Waals surface area contributed by atoms with Crippen molar-refractivity contribution < 1.29 is 0 Å². The Labute approximate surface area is 115 Å². The van der Waals surface area contributed by atoms with Crippen molar-refractivity contribution in [2.24, 2.45) is 11.8 Å². The van der Waals surface area contributed by atoms with Crippen molar-refractivity contribution in [2.75, 3.05) is 26.2 Å². The molecule has 108 valence electrons. The van der Waals surface area contributed by atoms with Crippen LogP contribution >= 0.6 is 0 Å². The van der Waals surface area contributed by atoms with Crippen molar-refractivity contribution in [3.63, 3.8) is 0 Å². The maximum Gasteiger partial charge on any atom is 0.00679 e. The Bertz CT molecular complexity index is 195. The SMILES string of the molecule is CCN1CCC(C(C)NCCCCC(C)C)CC1. The minimum atomic E-state index is 0.711. The molecule has 0 aromatic rings. The van der Waals surface area contributed by atoms with Crippen molar-refractivity contribution in [2.45, 2.75) is 65.8 Å². The smallest absolute Gasteiger partial charge is 0.00679 e. The molecular weight excluding hydrogens is 220 g/mol. The highest BCUT2D eigenvalue weighted by molar-refractivity contribution is 4.79. The van der Waals surface area contributed by atoms with E-state index in [1.165, 1.54) is 58.3 Å².